The lowest BCUT2D eigenvalue weighted by Gasteiger charge is -2.29. The van der Waals surface area contributed by atoms with Crippen LogP contribution in [0.2, 0.25) is 0 Å². The third kappa shape index (κ3) is 6.41. The van der Waals surface area contributed by atoms with Crippen molar-refractivity contribution in [2.24, 2.45) is 7.05 Å². The minimum absolute atomic E-state index is 0.0364. The molecule has 6 heterocycles. The molecular formula is C41H43N5O5S. The molecule has 1 N–H and O–H groups in total. The zero-order valence-corrected chi connectivity index (χ0v) is 31.2. The van der Waals surface area contributed by atoms with Crippen molar-refractivity contribution in [1.29, 1.82) is 0 Å². The third-order valence-corrected chi connectivity index (χ3v) is 11.2. The fourth-order valence-corrected chi connectivity index (χ4v) is 8.71. The van der Waals surface area contributed by atoms with E-state index in [9.17, 15) is 9.90 Å². The van der Waals surface area contributed by atoms with Gasteiger partial charge in [-0.05, 0) is 113 Å². The van der Waals surface area contributed by atoms with Gasteiger partial charge in [0.1, 0.15) is 27.7 Å². The average Bonchev–Trinajstić information content (AvgIpc) is 3.70. The van der Waals surface area contributed by atoms with E-state index in [4.69, 9.17) is 29.2 Å². The Bertz CT molecular complexity index is 2340. The van der Waals surface area contributed by atoms with Crippen LogP contribution >= 0.6 is 11.3 Å². The Kier molecular flexibility index (Phi) is 8.74. The topological polar surface area (TPSA) is 121 Å². The van der Waals surface area contributed by atoms with Crippen molar-refractivity contribution in [3.8, 4) is 44.6 Å². The summed E-state index contributed by atoms with van der Waals surface area (Å²) in [5, 5.41) is 15.9. The fraction of sp³-hybridized carbons (Fsp3) is 0.390. The second kappa shape index (κ2) is 13.3. The van der Waals surface area contributed by atoms with Crippen LogP contribution in [0.25, 0.3) is 54.3 Å². The summed E-state index contributed by atoms with van der Waals surface area (Å²) in [7, 11) is 1.90. The van der Waals surface area contributed by atoms with Crippen LogP contribution < -0.4 is 9.47 Å². The van der Waals surface area contributed by atoms with Crippen molar-refractivity contribution in [3.63, 3.8) is 0 Å². The minimum Gasteiger partial charge on any atom is -0.493 e. The van der Waals surface area contributed by atoms with Gasteiger partial charge in [-0.3, -0.25) is 9.67 Å². The number of aromatic nitrogens is 5. The quantitative estimate of drug-likeness (QED) is 0.191. The molecule has 3 atom stereocenters. The number of aliphatic carboxylic acids is 1. The Labute approximate surface area is 306 Å². The van der Waals surface area contributed by atoms with Gasteiger partial charge in [0.25, 0.3) is 0 Å². The smallest absolute Gasteiger partial charge is 0.337 e. The molecule has 0 radical (unpaired) electrons. The number of fused-ring (bicyclic) bond motifs is 9. The van der Waals surface area contributed by atoms with E-state index in [0.717, 1.165) is 86.4 Å². The molecule has 6 aromatic rings. The molecule has 52 heavy (non-hydrogen) atoms. The van der Waals surface area contributed by atoms with Crippen LogP contribution in [0.5, 0.6) is 11.5 Å². The van der Waals surface area contributed by atoms with Gasteiger partial charge in [0, 0.05) is 36.0 Å². The van der Waals surface area contributed by atoms with Gasteiger partial charge in [0.05, 0.1) is 45.9 Å². The van der Waals surface area contributed by atoms with Crippen LogP contribution in [0.1, 0.15) is 88.5 Å². The number of aryl methyl sites for hydroxylation is 2. The van der Waals surface area contributed by atoms with Crippen LogP contribution in [-0.2, 0) is 16.6 Å². The maximum atomic E-state index is 13.0. The first-order valence-electron chi connectivity index (χ1n) is 18.0. The molecule has 0 spiro atoms. The van der Waals surface area contributed by atoms with Crippen molar-refractivity contribution in [3.05, 3.63) is 71.5 Å². The lowest BCUT2D eigenvalue weighted by atomic mass is 9.85. The molecule has 6 bridgehead atoms. The Hall–Kier alpha value is -4.87. The first-order valence-corrected chi connectivity index (χ1v) is 18.8. The highest BCUT2D eigenvalue weighted by molar-refractivity contribution is 7.22. The Morgan fingerprint density at radius 2 is 1.85 bits per heavy atom. The number of rotatable bonds is 3. The van der Waals surface area contributed by atoms with Crippen molar-refractivity contribution < 1.29 is 24.1 Å². The molecule has 4 aromatic heterocycles. The van der Waals surface area contributed by atoms with Gasteiger partial charge in [-0.2, -0.15) is 5.10 Å². The summed E-state index contributed by atoms with van der Waals surface area (Å²) in [5.74, 6) is 0.854. The van der Waals surface area contributed by atoms with Crippen molar-refractivity contribution in [1.82, 2.24) is 24.7 Å². The second-order valence-corrected chi connectivity index (χ2v) is 16.0. The SMILES string of the molecule is Cc1cc2nc3sc2c(c1[C@H](OC(C)(C)C)C(=O)O)-c1ccc2c(c1)C(CCCC[C@H](C)Oc1cc4c(cnn4C)nc1-c1cc-3ccn1)CCO2. The molecule has 1 unspecified atom stereocenters. The first-order chi connectivity index (χ1) is 24.9. The third-order valence-electron chi connectivity index (χ3n) is 10.0. The second-order valence-electron chi connectivity index (χ2n) is 15.0. The van der Waals surface area contributed by atoms with E-state index < -0.39 is 17.7 Å². The fourth-order valence-electron chi connectivity index (χ4n) is 7.59. The molecule has 0 fully saturated rings. The minimum atomic E-state index is -1.18. The highest BCUT2D eigenvalue weighted by Gasteiger charge is 2.33. The predicted octanol–water partition coefficient (Wildman–Crippen LogP) is 9.43. The van der Waals surface area contributed by atoms with Crippen molar-refractivity contribution >= 4 is 38.6 Å². The number of ether oxygens (including phenoxy) is 3. The summed E-state index contributed by atoms with van der Waals surface area (Å²) in [6, 6.07) is 14.3. The average molecular weight is 718 g/mol. The van der Waals surface area contributed by atoms with Crippen LogP contribution in [0, 0.1) is 6.92 Å². The van der Waals surface area contributed by atoms with E-state index in [-0.39, 0.29) is 6.10 Å². The molecule has 2 aliphatic rings. The Morgan fingerprint density at radius 3 is 2.65 bits per heavy atom. The number of hydrogen-bond donors (Lipinski definition) is 1. The normalized spacial score (nSPS) is 18.2. The zero-order chi connectivity index (χ0) is 36.3. The summed E-state index contributed by atoms with van der Waals surface area (Å²) >= 11 is 1.54. The number of carboxylic acid groups (broad SMARTS) is 1. The van der Waals surface area contributed by atoms with Crippen LogP contribution in [0.3, 0.4) is 0 Å². The predicted molar refractivity (Wildman–Crippen MR) is 203 cm³/mol. The van der Waals surface area contributed by atoms with Gasteiger partial charge in [0.2, 0.25) is 0 Å². The number of carboxylic acids is 1. The molecule has 268 valence electrons. The van der Waals surface area contributed by atoms with Crippen molar-refractivity contribution in [2.75, 3.05) is 6.61 Å². The number of pyridine rings is 2. The molecule has 10 nitrogen and oxygen atoms in total. The van der Waals surface area contributed by atoms with Gasteiger partial charge >= 0.3 is 5.97 Å². The highest BCUT2D eigenvalue weighted by atomic mass is 32.1. The van der Waals surface area contributed by atoms with Gasteiger partial charge in [0.15, 0.2) is 6.10 Å². The van der Waals surface area contributed by atoms with Gasteiger partial charge in [-0.15, -0.1) is 11.3 Å². The summed E-state index contributed by atoms with van der Waals surface area (Å²) in [5.41, 5.74) is 8.34. The van der Waals surface area contributed by atoms with E-state index in [0.29, 0.717) is 35.2 Å². The lowest BCUT2D eigenvalue weighted by molar-refractivity contribution is -0.160. The molecule has 0 saturated heterocycles. The molecular weight excluding hydrogens is 675 g/mol. The number of hydrogen-bond acceptors (Lipinski definition) is 9. The zero-order valence-electron chi connectivity index (χ0n) is 30.4. The summed E-state index contributed by atoms with van der Waals surface area (Å²) in [4.78, 5) is 28.0. The molecule has 0 amide bonds. The summed E-state index contributed by atoms with van der Waals surface area (Å²) in [6.07, 6.45) is 7.20. The summed E-state index contributed by atoms with van der Waals surface area (Å²) in [6.45, 7) is 10.4. The van der Waals surface area contributed by atoms with Crippen molar-refractivity contribution in [2.45, 2.75) is 90.4 Å². The number of nitrogens with zero attached hydrogens (tertiary/aromatic N) is 5. The van der Waals surface area contributed by atoms with E-state index in [1.165, 1.54) is 5.56 Å². The largest absolute Gasteiger partial charge is 0.493 e. The van der Waals surface area contributed by atoms with E-state index >= 15 is 0 Å². The molecule has 2 aromatic carbocycles. The van der Waals surface area contributed by atoms with Crippen LogP contribution in [-0.4, -0.2) is 54.1 Å². The molecule has 0 saturated carbocycles. The van der Waals surface area contributed by atoms with Gasteiger partial charge < -0.3 is 19.3 Å². The van der Waals surface area contributed by atoms with Crippen LogP contribution in [0.4, 0.5) is 0 Å². The van der Waals surface area contributed by atoms with Crippen LogP contribution in [0.15, 0.2) is 54.9 Å². The standard InChI is InChI=1S/C41H43N5O5S/c1-22-17-29-38-35(34(22)37(40(47)48)51-41(3,4)5)25-11-12-32-27(18-25)24(14-16-49-32)10-8-7-9-23(2)50-33-20-31-30(21-43-46(31)6)44-36(33)28-19-26(13-15-42-28)39(45-29)52-38/h11-13,15,17-21,23-24,37H,7-10,14,16H2,1-6H3,(H,47,48)/t23-,24?,37-/m0/s1. The number of thiazole rings is 1. The molecule has 11 heteroatoms. The Morgan fingerprint density at radius 1 is 1.02 bits per heavy atom. The Balaban J connectivity index is 1.37. The summed E-state index contributed by atoms with van der Waals surface area (Å²) < 4.78 is 21.9. The van der Waals surface area contributed by atoms with E-state index in [1.54, 1.807) is 23.7 Å². The lowest BCUT2D eigenvalue weighted by Crippen LogP contribution is -2.28. The molecule has 8 rings (SSSR count). The molecule has 2 aliphatic heterocycles. The number of benzene rings is 2. The van der Waals surface area contributed by atoms with E-state index in [1.807, 2.05) is 69.8 Å². The molecule has 0 aliphatic carbocycles. The number of carbonyl (C=O) groups is 1. The van der Waals surface area contributed by atoms with E-state index in [2.05, 4.69) is 24.2 Å². The maximum Gasteiger partial charge on any atom is 0.337 e. The highest BCUT2D eigenvalue weighted by Crippen LogP contribution is 2.47. The first kappa shape index (κ1) is 34.2. The van der Waals surface area contributed by atoms with Gasteiger partial charge in [-0.25, -0.2) is 14.8 Å². The maximum absolute atomic E-state index is 13.0. The van der Waals surface area contributed by atoms with Gasteiger partial charge in [-0.1, -0.05) is 12.5 Å². The monoisotopic (exact) mass is 717 g/mol.